The lowest BCUT2D eigenvalue weighted by atomic mass is 9.48. The van der Waals surface area contributed by atoms with Crippen molar-refractivity contribution in [3.8, 4) is 0 Å². The number of hydrogen-bond donors (Lipinski definition) is 5. The number of amides is 1. The second kappa shape index (κ2) is 28.2. The topological polar surface area (TPSA) is 341 Å². The minimum Gasteiger partial charge on any atom is -0.507 e. The van der Waals surface area contributed by atoms with Crippen LogP contribution in [0.4, 0.5) is 4.79 Å². The Morgan fingerprint density at radius 3 is 2.01 bits per heavy atom. The number of aliphatic hydroxyl groups excluding tert-OH is 4. The van der Waals surface area contributed by atoms with Gasteiger partial charge in [0.15, 0.2) is 54.7 Å². The molecule has 6 heterocycles. The van der Waals surface area contributed by atoms with Crippen molar-refractivity contribution in [2.45, 2.75) is 281 Å². The molecule has 5 unspecified atom stereocenters. The van der Waals surface area contributed by atoms with Gasteiger partial charge in [-0.3, -0.25) is 24.5 Å². The highest BCUT2D eigenvalue weighted by molar-refractivity contribution is 6.21. The van der Waals surface area contributed by atoms with E-state index in [0.717, 1.165) is 7.11 Å². The standard InChI is InChI=1S/C67H96N2O24/c1-30-14-18-47(88-54-28-65(11,69(79)80)60(38(9)86-54)68-64(78)81-13)31(2)23-43-45(73)24-40(29-70)27-67(43)62(76)55(63(77)93-67)61(75)66(12)42(30)16-15-41-56(66)32(3)22-33(4)57(41)92-53-26-49(59(37(8)85-53)87-39(10)71)90-50-21-19-48(35(6)83-50)89-52-25-46(74)58(36(7)84-52)91-51-20-17-44(72)34(5)82-51/h14-16,23-24,29,32-38,41-54,56-60,72-74,76H,17-22,25-28H2,1-13H3,(H,68,78)/b30-14+,31-23+/t32-,33-,34-,35-,36-,37-,38+,41-,42+,43+,44+,45-,46+,47-,48?,49+,50-,51-,52-,53-,54-,56+,57?,58?,59-,60?,65-,66+,67?/m0/s1. The van der Waals surface area contributed by atoms with Gasteiger partial charge in [0.1, 0.15) is 30.1 Å². The molecule has 0 aromatic carbocycles. The Hall–Kier alpha value is -5.07. The van der Waals surface area contributed by atoms with Crippen LogP contribution in [0.25, 0.3) is 0 Å². The molecule has 0 aromatic rings. The zero-order valence-electron chi connectivity index (χ0n) is 55.4. The van der Waals surface area contributed by atoms with Gasteiger partial charge in [-0.25, -0.2) is 9.59 Å². The zero-order valence-corrected chi connectivity index (χ0v) is 55.4. The number of carbonyl (C=O) groups is 5. The molecular formula is C67H96N2O24. The van der Waals surface area contributed by atoms with Gasteiger partial charge in [0, 0.05) is 68.1 Å². The summed E-state index contributed by atoms with van der Waals surface area (Å²) < 4.78 is 81.5. The number of allylic oxidation sites excluding steroid dienone is 2. The Bertz CT molecular complexity index is 2960. The Morgan fingerprint density at radius 2 is 1.35 bits per heavy atom. The van der Waals surface area contributed by atoms with Gasteiger partial charge in [-0.1, -0.05) is 50.6 Å². The van der Waals surface area contributed by atoms with Crippen LogP contribution >= 0.6 is 0 Å². The molecule has 26 nitrogen and oxygen atoms in total. The monoisotopic (exact) mass is 1310 g/mol. The number of ether oxygens (including phenoxy) is 13. The highest BCUT2D eigenvalue weighted by Gasteiger charge is 2.65. The second-order valence-electron chi connectivity index (χ2n) is 28.2. The fraction of sp³-hybridized carbons (Fsp3) is 0.776. The number of rotatable bonds is 14. The van der Waals surface area contributed by atoms with Crippen LogP contribution in [0.3, 0.4) is 0 Å². The van der Waals surface area contributed by atoms with E-state index in [1.165, 1.54) is 19.9 Å². The van der Waals surface area contributed by atoms with E-state index in [2.05, 4.69) is 19.2 Å². The summed E-state index contributed by atoms with van der Waals surface area (Å²) in [5, 5.41) is 61.5. The number of ketones is 1. The van der Waals surface area contributed by atoms with Crippen LogP contribution < -0.4 is 5.32 Å². The Labute approximate surface area is 542 Å². The number of alkyl carbamates (subject to hydrolysis) is 1. The Kier molecular flexibility index (Phi) is 21.4. The van der Waals surface area contributed by atoms with Crippen molar-refractivity contribution in [1.29, 1.82) is 0 Å². The number of nitro groups is 1. The van der Waals surface area contributed by atoms with Crippen molar-refractivity contribution in [2.75, 3.05) is 7.11 Å². The number of nitrogens with one attached hydrogen (secondary N) is 1. The SMILES string of the molecule is COC(=O)NC1[C@@H](C)O[C@@H](O[C@H]2C/C=C(\C)[C@H]3C=C[C@@H]4C(O[C@H]5C[C@@H](O[C@H]6CCC(O[C@H]7C[C@@H](O)C(O[C@H]8CC[C@@H](O)[C@H](C)O8)[C@H](C)O7)[C@H](C)O6)[C@@H](OC(C)=O)[C@H](C)O5)[C@@H](C)C[C@H](C)[C@H]4[C@]3(C)C(=O)C3=C(O)C4(CC(C=O)=C[C@H](O)[C@H]4/C=C/2C)OC3=O)C[C@]1(C)[N+](=O)[O-]. The molecule has 93 heavy (non-hydrogen) atoms. The summed E-state index contributed by atoms with van der Waals surface area (Å²) in [6.45, 7) is 21.0. The molecule has 26 heteroatoms. The van der Waals surface area contributed by atoms with E-state index in [0.29, 0.717) is 49.5 Å². The highest BCUT2D eigenvalue weighted by atomic mass is 16.8. The van der Waals surface area contributed by atoms with Crippen molar-refractivity contribution in [3.05, 3.63) is 68.5 Å². The van der Waals surface area contributed by atoms with E-state index < -0.39 is 203 Å². The average molecular weight is 1310 g/mol. The third-order valence-corrected chi connectivity index (χ3v) is 21.7. The van der Waals surface area contributed by atoms with E-state index in [1.807, 2.05) is 39.0 Å². The van der Waals surface area contributed by atoms with Crippen molar-refractivity contribution >= 4 is 30.1 Å². The lowest BCUT2D eigenvalue weighted by molar-refractivity contribution is -0.584. The summed E-state index contributed by atoms with van der Waals surface area (Å²) in [7, 11) is 1.15. The molecular weight excluding hydrogens is 1220 g/mol. The molecule has 0 aromatic heterocycles. The first-order valence-electron chi connectivity index (χ1n) is 33.1. The summed E-state index contributed by atoms with van der Waals surface area (Å²) in [5.74, 6) is -6.55. The fourth-order valence-electron chi connectivity index (χ4n) is 16.9. The molecule has 518 valence electrons. The Balaban J connectivity index is 0.902. The molecule has 0 radical (unpaired) electrons. The molecule has 6 fully saturated rings. The first-order chi connectivity index (χ1) is 43.9. The number of aldehydes is 1. The molecule has 6 aliphatic heterocycles. The smallest absolute Gasteiger partial charge is 0.407 e. The van der Waals surface area contributed by atoms with Crippen LogP contribution in [-0.2, 0) is 80.8 Å². The summed E-state index contributed by atoms with van der Waals surface area (Å²) in [4.78, 5) is 81.1. The van der Waals surface area contributed by atoms with Crippen LogP contribution in [0.5, 0.6) is 0 Å². The summed E-state index contributed by atoms with van der Waals surface area (Å²) in [6.07, 6.45) is -4.20. The predicted octanol–water partition coefficient (Wildman–Crippen LogP) is 6.36. The number of fused-ring (bicyclic) bond motifs is 3. The van der Waals surface area contributed by atoms with E-state index >= 15 is 4.79 Å². The van der Waals surface area contributed by atoms with Crippen LogP contribution in [0.2, 0.25) is 0 Å². The number of carbonyl (C=O) groups excluding carboxylic acids is 5. The number of hydrogen-bond acceptors (Lipinski definition) is 24. The summed E-state index contributed by atoms with van der Waals surface area (Å²) in [6, 6.07) is -1.12. The second-order valence-corrected chi connectivity index (χ2v) is 28.2. The minimum atomic E-state index is -2.13. The summed E-state index contributed by atoms with van der Waals surface area (Å²) in [5.41, 5.74) is -4.90. The van der Waals surface area contributed by atoms with E-state index in [9.17, 15) is 49.7 Å². The number of esters is 2. The molecule has 2 bridgehead atoms. The van der Waals surface area contributed by atoms with Gasteiger partial charge in [0.05, 0.1) is 86.6 Å². The van der Waals surface area contributed by atoms with Gasteiger partial charge in [0.25, 0.3) is 0 Å². The predicted molar refractivity (Wildman–Crippen MR) is 325 cm³/mol. The molecule has 10 aliphatic rings. The average Bonchev–Trinajstić information content (AvgIpc) is 1.68. The molecule has 10 rings (SSSR count). The lowest BCUT2D eigenvalue weighted by Gasteiger charge is -2.56. The van der Waals surface area contributed by atoms with Crippen molar-refractivity contribution in [2.24, 2.45) is 40.9 Å². The van der Waals surface area contributed by atoms with Gasteiger partial charge < -0.3 is 87.3 Å². The fourth-order valence-corrected chi connectivity index (χ4v) is 16.9. The van der Waals surface area contributed by atoms with Crippen molar-refractivity contribution in [3.63, 3.8) is 0 Å². The number of nitrogens with zero attached hydrogens (tertiary/aromatic N) is 1. The van der Waals surface area contributed by atoms with E-state index in [1.54, 1.807) is 40.7 Å². The quantitative estimate of drug-likeness (QED) is 0.0240. The lowest BCUT2D eigenvalue weighted by Crippen LogP contribution is -2.65. The summed E-state index contributed by atoms with van der Waals surface area (Å²) >= 11 is 0. The third kappa shape index (κ3) is 14.0. The zero-order chi connectivity index (χ0) is 67.5. The van der Waals surface area contributed by atoms with Crippen LogP contribution in [0.1, 0.15) is 147 Å². The molecule has 1 amide bonds. The maximum atomic E-state index is 16.2. The first-order valence-corrected chi connectivity index (χ1v) is 33.1. The molecule has 4 aliphatic carbocycles. The van der Waals surface area contributed by atoms with Crippen LogP contribution in [0, 0.1) is 51.0 Å². The van der Waals surface area contributed by atoms with Crippen LogP contribution in [-0.4, -0.2) is 197 Å². The minimum absolute atomic E-state index is 0.0176. The van der Waals surface area contributed by atoms with Gasteiger partial charge in [0.2, 0.25) is 5.54 Å². The third-order valence-electron chi connectivity index (χ3n) is 21.7. The van der Waals surface area contributed by atoms with Crippen molar-refractivity contribution in [1.82, 2.24) is 5.32 Å². The highest BCUT2D eigenvalue weighted by Crippen LogP contribution is 2.60. The number of methoxy groups -OCH3 is 1. The molecule has 5 N–H and O–H groups in total. The van der Waals surface area contributed by atoms with Crippen LogP contribution in [0.15, 0.2) is 58.4 Å². The van der Waals surface area contributed by atoms with Gasteiger partial charge in [-0.15, -0.1) is 0 Å². The van der Waals surface area contributed by atoms with Gasteiger partial charge in [-0.2, -0.15) is 0 Å². The van der Waals surface area contributed by atoms with Crippen molar-refractivity contribution < 1.29 is 111 Å². The van der Waals surface area contributed by atoms with Gasteiger partial charge in [-0.05, 0) is 109 Å². The largest absolute Gasteiger partial charge is 0.507 e. The van der Waals surface area contributed by atoms with Gasteiger partial charge >= 0.3 is 18.0 Å². The molecule has 1 saturated carbocycles. The van der Waals surface area contributed by atoms with E-state index in [4.69, 9.17) is 61.6 Å². The first kappa shape index (κ1) is 70.7. The normalized spacial score (nSPS) is 47.4. The van der Waals surface area contributed by atoms with E-state index in [-0.39, 0.29) is 49.5 Å². The number of Topliss-reactive ketones (excluding diaryl/α,β-unsaturated/α-hetero) is 1. The molecule has 1 spiro atoms. The maximum absolute atomic E-state index is 16.2. The molecule has 5 saturated heterocycles. The maximum Gasteiger partial charge on any atom is 0.407 e. The Morgan fingerprint density at radius 1 is 0.720 bits per heavy atom. The molecule has 29 atom stereocenters. The number of aliphatic hydroxyl groups is 4.